The molecule has 150 valence electrons. The zero-order valence-corrected chi connectivity index (χ0v) is 17.5. The molecule has 0 unspecified atom stereocenters. The van der Waals surface area contributed by atoms with Crippen molar-refractivity contribution in [3.8, 4) is 22.4 Å². The molecule has 0 amide bonds. The van der Waals surface area contributed by atoms with Gasteiger partial charge in [-0.1, -0.05) is 78.3 Å². The second kappa shape index (κ2) is 8.21. The number of hydrogen-bond donors (Lipinski definition) is 0. The highest BCUT2D eigenvalue weighted by molar-refractivity contribution is 6.30. The minimum absolute atomic E-state index is 0.0596. The van der Waals surface area contributed by atoms with Crippen molar-refractivity contribution < 1.29 is 4.79 Å². The summed E-state index contributed by atoms with van der Waals surface area (Å²) in [5.74, 6) is 0.0596. The summed E-state index contributed by atoms with van der Waals surface area (Å²) in [5, 5.41) is 0.611. The number of fused-ring (bicyclic) bond motifs is 1. The summed E-state index contributed by atoms with van der Waals surface area (Å²) in [6.07, 6.45) is 4.29. The molecule has 0 atom stereocenters. The third-order valence-corrected chi connectivity index (χ3v) is 5.59. The van der Waals surface area contributed by atoms with E-state index < -0.39 is 0 Å². The normalized spacial score (nSPS) is 11.0. The topological polar surface area (TPSA) is 34.4 Å². The van der Waals surface area contributed by atoms with E-state index in [1.54, 1.807) is 0 Å². The van der Waals surface area contributed by atoms with Crippen LogP contribution in [0.15, 0.2) is 103 Å². The SMILES string of the molecule is O=C(Cc1cc(Cl)ccc1-c1cccn2cc(-c3ccccc3)nc12)c1ccccc1. The van der Waals surface area contributed by atoms with Crippen LogP contribution in [0.4, 0.5) is 0 Å². The van der Waals surface area contributed by atoms with Crippen LogP contribution in [0.25, 0.3) is 28.0 Å². The number of ketones is 1. The Hall–Kier alpha value is -3.69. The van der Waals surface area contributed by atoms with Crippen LogP contribution < -0.4 is 0 Å². The largest absolute Gasteiger partial charge is 0.306 e. The standard InChI is InChI=1S/C27H19ClN2O/c28-22-13-14-23(21(16-22)17-26(31)20-10-5-2-6-11-20)24-12-7-15-30-18-25(29-27(24)30)19-8-3-1-4-9-19/h1-16,18H,17H2. The molecule has 3 aromatic carbocycles. The fraction of sp³-hybridized carbons (Fsp3) is 0.0370. The van der Waals surface area contributed by atoms with Gasteiger partial charge in [0.05, 0.1) is 5.69 Å². The van der Waals surface area contributed by atoms with Gasteiger partial charge in [0.15, 0.2) is 5.78 Å². The molecule has 0 saturated carbocycles. The number of halogens is 1. The van der Waals surface area contributed by atoms with Gasteiger partial charge in [0, 0.05) is 40.5 Å². The van der Waals surface area contributed by atoms with Crippen LogP contribution in [-0.4, -0.2) is 15.2 Å². The first kappa shape index (κ1) is 19.3. The Kier molecular flexibility index (Phi) is 5.11. The number of aromatic nitrogens is 2. The van der Waals surface area contributed by atoms with E-state index in [1.807, 2.05) is 108 Å². The van der Waals surface area contributed by atoms with Gasteiger partial charge in [0.25, 0.3) is 0 Å². The lowest BCUT2D eigenvalue weighted by atomic mass is 9.95. The van der Waals surface area contributed by atoms with Crippen LogP contribution in [0, 0.1) is 0 Å². The summed E-state index contributed by atoms with van der Waals surface area (Å²) >= 11 is 6.30. The monoisotopic (exact) mass is 422 g/mol. The molecular formula is C27H19ClN2O. The van der Waals surface area contributed by atoms with Crippen molar-refractivity contribution in [2.24, 2.45) is 0 Å². The van der Waals surface area contributed by atoms with Crippen molar-refractivity contribution in [3.63, 3.8) is 0 Å². The first-order chi connectivity index (χ1) is 15.2. The molecule has 0 radical (unpaired) electrons. The first-order valence-corrected chi connectivity index (χ1v) is 10.5. The number of pyridine rings is 1. The van der Waals surface area contributed by atoms with Crippen molar-refractivity contribution in [2.75, 3.05) is 0 Å². The van der Waals surface area contributed by atoms with E-state index in [9.17, 15) is 4.79 Å². The molecule has 2 heterocycles. The van der Waals surface area contributed by atoms with Crippen LogP contribution >= 0.6 is 11.6 Å². The van der Waals surface area contributed by atoms with E-state index in [4.69, 9.17) is 16.6 Å². The lowest BCUT2D eigenvalue weighted by Crippen LogP contribution is -2.05. The molecule has 0 saturated heterocycles. The smallest absolute Gasteiger partial charge is 0.167 e. The molecule has 0 bridgehead atoms. The van der Waals surface area contributed by atoms with Gasteiger partial charge in [-0.25, -0.2) is 4.98 Å². The summed E-state index contributed by atoms with van der Waals surface area (Å²) in [5.41, 5.74) is 6.33. The minimum Gasteiger partial charge on any atom is -0.306 e. The Morgan fingerprint density at radius 3 is 2.35 bits per heavy atom. The molecule has 0 fully saturated rings. The van der Waals surface area contributed by atoms with Gasteiger partial charge in [-0.3, -0.25) is 4.79 Å². The summed E-state index contributed by atoms with van der Waals surface area (Å²) in [6, 6.07) is 29.2. The number of carbonyl (C=O) groups excluding carboxylic acids is 1. The Morgan fingerprint density at radius 2 is 1.58 bits per heavy atom. The summed E-state index contributed by atoms with van der Waals surface area (Å²) in [6.45, 7) is 0. The molecule has 2 aromatic heterocycles. The predicted molar refractivity (Wildman–Crippen MR) is 126 cm³/mol. The number of carbonyl (C=O) groups is 1. The first-order valence-electron chi connectivity index (χ1n) is 10.1. The highest BCUT2D eigenvalue weighted by Gasteiger charge is 2.16. The van der Waals surface area contributed by atoms with Crippen molar-refractivity contribution in [3.05, 3.63) is 120 Å². The molecular weight excluding hydrogens is 404 g/mol. The van der Waals surface area contributed by atoms with Crippen LogP contribution in [-0.2, 0) is 6.42 Å². The van der Waals surface area contributed by atoms with Gasteiger partial charge < -0.3 is 4.40 Å². The predicted octanol–water partition coefficient (Wildman–Crippen LogP) is 6.75. The second-order valence-corrected chi connectivity index (χ2v) is 7.85. The van der Waals surface area contributed by atoms with Crippen LogP contribution in [0.1, 0.15) is 15.9 Å². The van der Waals surface area contributed by atoms with Crippen LogP contribution in [0.3, 0.4) is 0 Å². The average molecular weight is 423 g/mol. The molecule has 3 nitrogen and oxygen atoms in total. The van der Waals surface area contributed by atoms with E-state index in [0.29, 0.717) is 10.6 Å². The highest BCUT2D eigenvalue weighted by Crippen LogP contribution is 2.32. The van der Waals surface area contributed by atoms with Crippen molar-refractivity contribution in [1.82, 2.24) is 9.38 Å². The number of hydrogen-bond acceptors (Lipinski definition) is 2. The molecule has 5 rings (SSSR count). The highest BCUT2D eigenvalue weighted by atomic mass is 35.5. The van der Waals surface area contributed by atoms with Crippen molar-refractivity contribution >= 4 is 23.0 Å². The maximum atomic E-state index is 12.9. The average Bonchev–Trinajstić information content (AvgIpc) is 3.25. The quantitative estimate of drug-likeness (QED) is 0.294. The zero-order chi connectivity index (χ0) is 21.2. The Morgan fingerprint density at radius 1 is 0.839 bits per heavy atom. The van der Waals surface area contributed by atoms with Crippen molar-refractivity contribution in [1.29, 1.82) is 0 Å². The van der Waals surface area contributed by atoms with E-state index in [1.165, 1.54) is 0 Å². The Balaban J connectivity index is 1.60. The van der Waals surface area contributed by atoms with Crippen LogP contribution in [0.5, 0.6) is 0 Å². The Bertz CT molecular complexity index is 1370. The van der Waals surface area contributed by atoms with Crippen molar-refractivity contribution in [2.45, 2.75) is 6.42 Å². The number of benzene rings is 3. The van der Waals surface area contributed by atoms with Gasteiger partial charge in [-0.15, -0.1) is 0 Å². The summed E-state index contributed by atoms with van der Waals surface area (Å²) in [4.78, 5) is 17.8. The second-order valence-electron chi connectivity index (χ2n) is 7.41. The lowest BCUT2D eigenvalue weighted by molar-refractivity contribution is 0.0993. The number of Topliss-reactive ketones (excluding diaryl/α,β-unsaturated/α-hetero) is 1. The fourth-order valence-electron chi connectivity index (χ4n) is 3.84. The summed E-state index contributed by atoms with van der Waals surface area (Å²) in [7, 11) is 0. The van der Waals surface area contributed by atoms with E-state index >= 15 is 0 Å². The molecule has 5 aromatic rings. The number of rotatable bonds is 5. The van der Waals surface area contributed by atoms with Gasteiger partial charge in [0.1, 0.15) is 5.65 Å². The minimum atomic E-state index is 0.0596. The molecule has 4 heteroatoms. The maximum absolute atomic E-state index is 12.9. The van der Waals surface area contributed by atoms with E-state index in [0.717, 1.165) is 33.6 Å². The molecule has 0 aliphatic carbocycles. The van der Waals surface area contributed by atoms with Gasteiger partial charge in [-0.2, -0.15) is 0 Å². The van der Waals surface area contributed by atoms with Gasteiger partial charge in [-0.05, 0) is 35.4 Å². The third kappa shape index (κ3) is 3.88. The molecule has 0 aliphatic heterocycles. The molecule has 0 aliphatic rings. The fourth-order valence-corrected chi connectivity index (χ4v) is 4.04. The molecule has 0 N–H and O–H groups in total. The zero-order valence-electron chi connectivity index (χ0n) is 16.7. The number of imidazole rings is 1. The Labute approximate surface area is 185 Å². The van der Waals surface area contributed by atoms with E-state index in [2.05, 4.69) is 0 Å². The van der Waals surface area contributed by atoms with E-state index in [-0.39, 0.29) is 12.2 Å². The molecule has 0 spiro atoms. The van der Waals surface area contributed by atoms with Gasteiger partial charge >= 0.3 is 0 Å². The maximum Gasteiger partial charge on any atom is 0.167 e. The summed E-state index contributed by atoms with van der Waals surface area (Å²) < 4.78 is 2.02. The third-order valence-electron chi connectivity index (χ3n) is 5.36. The lowest BCUT2D eigenvalue weighted by Gasteiger charge is -2.11. The molecule has 31 heavy (non-hydrogen) atoms. The number of nitrogens with zero attached hydrogens (tertiary/aromatic N) is 2. The van der Waals surface area contributed by atoms with Crippen LogP contribution in [0.2, 0.25) is 5.02 Å². The van der Waals surface area contributed by atoms with Gasteiger partial charge in [0.2, 0.25) is 0 Å².